The zero-order valence-electron chi connectivity index (χ0n) is 11.1. The van der Waals surface area contributed by atoms with Crippen LogP contribution in [0.25, 0.3) is 0 Å². The van der Waals surface area contributed by atoms with Crippen LogP contribution in [0.1, 0.15) is 13.8 Å². The third-order valence-electron chi connectivity index (χ3n) is 1.89. The molecule has 0 aliphatic carbocycles. The van der Waals surface area contributed by atoms with E-state index in [1.54, 1.807) is 23.9 Å². The van der Waals surface area contributed by atoms with Crippen molar-refractivity contribution in [3.63, 3.8) is 0 Å². The minimum atomic E-state index is -2.23. The summed E-state index contributed by atoms with van der Waals surface area (Å²) in [4.78, 5) is 0.941. The summed E-state index contributed by atoms with van der Waals surface area (Å²) in [5.74, 6) is 0. The topological polar surface area (TPSA) is 18.5 Å². The zero-order valence-corrected chi connectivity index (χ0v) is 17.5. The standard InChI is InChI=1S/C11H15Cl2O2PS3.Ti/c1-3-14-16(17,15-4-2)19-8-18-11-7-9(12)5-6-10(11)13;/h5-7H,3-4,8H2,1-2H3;. The van der Waals surface area contributed by atoms with Crippen LogP contribution in [0, 0.1) is 0 Å². The molecule has 0 aliphatic rings. The van der Waals surface area contributed by atoms with Crippen LogP contribution in [0.5, 0.6) is 0 Å². The third kappa shape index (κ3) is 7.87. The van der Waals surface area contributed by atoms with Gasteiger partial charge in [0.05, 0.1) is 23.3 Å². The SMILES string of the molecule is CCOP(=S)(OCC)SCSc1cc(Cl)ccc1Cl.[Ti]. The summed E-state index contributed by atoms with van der Waals surface area (Å²) in [6, 6.07) is 5.41. The Hall–Kier alpha value is 1.78. The van der Waals surface area contributed by atoms with E-state index in [4.69, 9.17) is 44.1 Å². The number of rotatable bonds is 8. The normalized spacial score (nSPS) is 11.2. The Labute approximate surface area is 158 Å². The first-order valence-corrected chi connectivity index (χ1v) is 11.6. The van der Waals surface area contributed by atoms with Gasteiger partial charge in [0.25, 0.3) is 0 Å². The number of benzene rings is 1. The van der Waals surface area contributed by atoms with Gasteiger partial charge in [-0.2, -0.15) is 0 Å². The van der Waals surface area contributed by atoms with Gasteiger partial charge in [0.15, 0.2) is 0 Å². The Bertz CT molecular complexity index is 455. The van der Waals surface area contributed by atoms with Crippen LogP contribution in [-0.2, 0) is 42.6 Å². The van der Waals surface area contributed by atoms with Crippen LogP contribution < -0.4 is 0 Å². The van der Waals surface area contributed by atoms with E-state index in [1.807, 2.05) is 19.9 Å². The minimum Gasteiger partial charge on any atom is -0.322 e. The molecule has 0 heterocycles. The first-order valence-electron chi connectivity index (χ1n) is 5.62. The van der Waals surface area contributed by atoms with Crippen LogP contribution in [0.3, 0.4) is 0 Å². The fourth-order valence-corrected chi connectivity index (χ4v) is 8.71. The molecule has 0 radical (unpaired) electrons. The molecule has 0 fully saturated rings. The van der Waals surface area contributed by atoms with Crippen LogP contribution >= 0.6 is 52.0 Å². The largest absolute Gasteiger partial charge is 0.322 e. The molecule has 9 heteroatoms. The maximum Gasteiger partial charge on any atom is 0.248 e. The molecule has 1 rings (SSSR count). The summed E-state index contributed by atoms with van der Waals surface area (Å²) in [5.41, 5.74) is -2.23. The van der Waals surface area contributed by atoms with Gasteiger partial charge in [-0.15, -0.1) is 11.8 Å². The van der Waals surface area contributed by atoms with Gasteiger partial charge >= 0.3 is 0 Å². The van der Waals surface area contributed by atoms with Crippen molar-refractivity contribution in [1.29, 1.82) is 0 Å². The molecule has 112 valence electrons. The first-order chi connectivity index (χ1) is 9.00. The van der Waals surface area contributed by atoms with Crippen LogP contribution in [0.4, 0.5) is 0 Å². The fraction of sp³-hybridized carbons (Fsp3) is 0.455. The van der Waals surface area contributed by atoms with Gasteiger partial charge in [0.2, 0.25) is 5.69 Å². The van der Waals surface area contributed by atoms with Crippen LogP contribution in [-0.4, -0.2) is 18.3 Å². The van der Waals surface area contributed by atoms with Crippen molar-refractivity contribution in [2.24, 2.45) is 0 Å². The molecule has 0 amide bonds. The Morgan fingerprint density at radius 3 is 2.35 bits per heavy atom. The van der Waals surface area contributed by atoms with E-state index in [9.17, 15) is 0 Å². The minimum absolute atomic E-state index is 0. The van der Waals surface area contributed by atoms with Gasteiger partial charge in [-0.3, -0.25) is 0 Å². The zero-order chi connectivity index (χ0) is 14.3. The van der Waals surface area contributed by atoms with Crippen molar-refractivity contribution < 1.29 is 30.8 Å². The Morgan fingerprint density at radius 1 is 1.20 bits per heavy atom. The third-order valence-corrected chi connectivity index (χ3v) is 9.69. The van der Waals surface area contributed by atoms with Crippen molar-refractivity contribution in [1.82, 2.24) is 0 Å². The van der Waals surface area contributed by atoms with Gasteiger partial charge in [0.1, 0.15) is 0 Å². The van der Waals surface area contributed by atoms with Crippen molar-refractivity contribution >= 4 is 63.8 Å². The number of halogens is 2. The summed E-state index contributed by atoms with van der Waals surface area (Å²) >= 11 is 20.6. The summed E-state index contributed by atoms with van der Waals surface area (Å²) in [6.45, 7) is 4.96. The molecule has 0 aromatic heterocycles. The van der Waals surface area contributed by atoms with E-state index in [2.05, 4.69) is 0 Å². The number of thioether (sulfide) groups is 1. The molecular weight excluding hydrogens is 410 g/mol. The second-order valence-corrected chi connectivity index (χ2v) is 11.8. The monoisotopic (exact) mass is 424 g/mol. The van der Waals surface area contributed by atoms with Crippen molar-refractivity contribution in [3.05, 3.63) is 28.2 Å². The van der Waals surface area contributed by atoms with Gasteiger partial charge in [-0.1, -0.05) is 34.6 Å². The Balaban J connectivity index is 0.00000361. The molecule has 0 saturated heterocycles. The molecule has 1 aromatic carbocycles. The predicted octanol–water partition coefficient (Wildman–Crippen LogP) is 6.07. The van der Waals surface area contributed by atoms with Crippen molar-refractivity contribution in [2.75, 3.05) is 18.3 Å². The molecule has 0 spiro atoms. The average molecular weight is 425 g/mol. The Kier molecular flexibility index (Phi) is 12.4. The second-order valence-electron chi connectivity index (χ2n) is 3.25. The fourth-order valence-electron chi connectivity index (χ4n) is 1.17. The number of hydrogen-bond donors (Lipinski definition) is 0. The molecule has 0 atom stereocenters. The molecule has 0 aliphatic heterocycles. The summed E-state index contributed by atoms with van der Waals surface area (Å²) < 4.78 is 11.1. The van der Waals surface area contributed by atoms with E-state index in [0.717, 1.165) is 9.98 Å². The molecule has 2 nitrogen and oxygen atoms in total. The predicted molar refractivity (Wildman–Crippen MR) is 92.3 cm³/mol. The summed E-state index contributed by atoms with van der Waals surface area (Å²) in [7, 11) is 0. The molecule has 0 unspecified atom stereocenters. The van der Waals surface area contributed by atoms with Gasteiger partial charge in [0, 0.05) is 31.6 Å². The van der Waals surface area contributed by atoms with E-state index in [-0.39, 0.29) is 21.7 Å². The molecule has 20 heavy (non-hydrogen) atoms. The first kappa shape index (κ1) is 21.8. The van der Waals surface area contributed by atoms with Gasteiger partial charge in [-0.25, -0.2) is 0 Å². The summed E-state index contributed by atoms with van der Waals surface area (Å²) in [5, 5.41) is 2.08. The van der Waals surface area contributed by atoms with E-state index in [1.165, 1.54) is 11.4 Å². The van der Waals surface area contributed by atoms with E-state index >= 15 is 0 Å². The van der Waals surface area contributed by atoms with Gasteiger partial charge < -0.3 is 9.05 Å². The van der Waals surface area contributed by atoms with Crippen molar-refractivity contribution in [3.8, 4) is 0 Å². The van der Waals surface area contributed by atoms with Crippen LogP contribution in [0.2, 0.25) is 10.0 Å². The molecule has 0 bridgehead atoms. The van der Waals surface area contributed by atoms with Crippen LogP contribution in [0.15, 0.2) is 23.1 Å². The van der Waals surface area contributed by atoms with E-state index < -0.39 is 5.69 Å². The maximum absolute atomic E-state index is 6.10. The number of hydrogen-bond acceptors (Lipinski definition) is 5. The smallest absolute Gasteiger partial charge is 0.248 e. The van der Waals surface area contributed by atoms with E-state index in [0.29, 0.717) is 23.3 Å². The molecule has 0 saturated carbocycles. The molecular formula is C11H15Cl2O2PS3Ti. The molecule has 0 N–H and O–H groups in total. The van der Waals surface area contributed by atoms with Crippen molar-refractivity contribution in [2.45, 2.75) is 18.7 Å². The summed E-state index contributed by atoms with van der Waals surface area (Å²) in [6.07, 6.45) is 0. The maximum atomic E-state index is 6.10. The second kappa shape index (κ2) is 11.3. The molecule has 1 aromatic rings. The Morgan fingerprint density at radius 2 is 1.80 bits per heavy atom. The van der Waals surface area contributed by atoms with Gasteiger partial charge in [-0.05, 0) is 43.9 Å². The average Bonchev–Trinajstić information content (AvgIpc) is 2.34. The quantitative estimate of drug-likeness (QED) is 0.217.